The van der Waals surface area contributed by atoms with Crippen LogP contribution in [0.3, 0.4) is 0 Å². The van der Waals surface area contributed by atoms with Crippen LogP contribution in [-0.2, 0) is 30.5 Å². The molecular formula is C20H28N2O6S. The number of carbonyl (C=O) groups excluding carboxylic acids is 3. The predicted octanol–water partition coefficient (Wildman–Crippen LogP) is 2.87. The van der Waals surface area contributed by atoms with E-state index in [0.29, 0.717) is 5.75 Å². The fourth-order valence-corrected chi connectivity index (χ4v) is 3.87. The molecule has 29 heavy (non-hydrogen) atoms. The highest BCUT2D eigenvalue weighted by Gasteiger charge is 2.48. The lowest BCUT2D eigenvalue weighted by Crippen LogP contribution is -2.54. The largest absolute Gasteiger partial charge is 0.459 e. The number of rotatable bonds is 6. The van der Waals surface area contributed by atoms with Crippen molar-refractivity contribution < 1.29 is 28.7 Å². The van der Waals surface area contributed by atoms with Gasteiger partial charge in [0.1, 0.15) is 18.2 Å². The lowest BCUT2D eigenvalue weighted by Gasteiger charge is -2.35. The van der Waals surface area contributed by atoms with Gasteiger partial charge in [0.25, 0.3) is 5.91 Å². The molecule has 1 atom stereocenters. The number of nitrogens with one attached hydrogen (secondary N) is 1. The van der Waals surface area contributed by atoms with E-state index in [1.807, 2.05) is 44.2 Å². The summed E-state index contributed by atoms with van der Waals surface area (Å²) in [5.41, 5.74) is 2.41. The van der Waals surface area contributed by atoms with Crippen molar-refractivity contribution in [1.82, 2.24) is 10.4 Å². The molecule has 1 fully saturated rings. The maximum Gasteiger partial charge on any atom is 0.412 e. The SMILES string of the molecule is CC(C)(C)OC(=O)N1[C@@H](C(=O)NOCC(=O)OCc2ccccc2)CSC1(C)C. The van der Waals surface area contributed by atoms with Gasteiger partial charge in [0.2, 0.25) is 0 Å². The van der Waals surface area contributed by atoms with E-state index in [2.05, 4.69) is 5.48 Å². The monoisotopic (exact) mass is 424 g/mol. The van der Waals surface area contributed by atoms with Crippen LogP contribution in [0.4, 0.5) is 4.79 Å². The normalized spacial score (nSPS) is 18.2. The van der Waals surface area contributed by atoms with Crippen molar-refractivity contribution in [1.29, 1.82) is 0 Å². The number of nitrogens with zero attached hydrogens (tertiary/aromatic N) is 1. The third kappa shape index (κ3) is 6.93. The third-order valence-corrected chi connectivity index (χ3v) is 5.37. The van der Waals surface area contributed by atoms with Crippen molar-refractivity contribution in [2.75, 3.05) is 12.4 Å². The molecule has 0 aliphatic carbocycles. The lowest BCUT2D eigenvalue weighted by molar-refractivity contribution is -0.157. The topological polar surface area (TPSA) is 94.2 Å². The zero-order chi connectivity index (χ0) is 21.7. The molecule has 160 valence electrons. The van der Waals surface area contributed by atoms with Gasteiger partial charge in [-0.25, -0.2) is 15.1 Å². The first kappa shape index (κ1) is 23.0. The molecule has 2 amide bonds. The van der Waals surface area contributed by atoms with Crippen LogP contribution in [0.15, 0.2) is 30.3 Å². The van der Waals surface area contributed by atoms with Gasteiger partial charge in [0.15, 0.2) is 6.61 Å². The number of benzene rings is 1. The number of hydrogen-bond acceptors (Lipinski definition) is 7. The smallest absolute Gasteiger partial charge is 0.412 e. The van der Waals surface area contributed by atoms with Gasteiger partial charge in [0.05, 0.1) is 4.87 Å². The lowest BCUT2D eigenvalue weighted by atomic mass is 10.2. The Labute approximate surface area is 175 Å². The molecule has 0 radical (unpaired) electrons. The molecule has 1 aromatic carbocycles. The van der Waals surface area contributed by atoms with Crippen LogP contribution in [0.2, 0.25) is 0 Å². The molecule has 1 aliphatic heterocycles. The van der Waals surface area contributed by atoms with E-state index < -0.39 is 41.1 Å². The number of esters is 1. The average molecular weight is 425 g/mol. The summed E-state index contributed by atoms with van der Waals surface area (Å²) >= 11 is 1.46. The maximum absolute atomic E-state index is 12.6. The first-order valence-corrected chi connectivity index (χ1v) is 10.3. The van der Waals surface area contributed by atoms with Crippen LogP contribution in [0, 0.1) is 0 Å². The van der Waals surface area contributed by atoms with E-state index >= 15 is 0 Å². The molecule has 0 spiro atoms. The van der Waals surface area contributed by atoms with Crippen molar-refractivity contribution in [2.24, 2.45) is 0 Å². The molecule has 0 bridgehead atoms. The Bertz CT molecular complexity index is 732. The Hall–Kier alpha value is -2.26. The first-order chi connectivity index (χ1) is 13.5. The summed E-state index contributed by atoms with van der Waals surface area (Å²) in [4.78, 5) is 42.7. The molecule has 8 nitrogen and oxygen atoms in total. The minimum atomic E-state index is -0.773. The Morgan fingerprint density at radius 3 is 2.48 bits per heavy atom. The highest BCUT2D eigenvalue weighted by Crippen LogP contribution is 2.39. The highest BCUT2D eigenvalue weighted by atomic mass is 32.2. The fraction of sp³-hybridized carbons (Fsp3) is 0.550. The molecule has 1 saturated heterocycles. The molecule has 1 aromatic rings. The standard InChI is InChI=1S/C20H28N2O6S/c1-19(2,3)28-18(25)22-15(13-29-20(22,4)5)17(24)21-27-12-16(23)26-11-14-9-7-6-8-10-14/h6-10,15H,11-13H2,1-5H3,(H,21,24)/t15-/m1/s1. The van der Waals surface area contributed by atoms with Gasteiger partial charge >= 0.3 is 12.1 Å². The second-order valence-corrected chi connectivity index (χ2v) is 9.65. The van der Waals surface area contributed by atoms with Gasteiger partial charge < -0.3 is 9.47 Å². The van der Waals surface area contributed by atoms with Crippen molar-refractivity contribution >= 4 is 29.7 Å². The van der Waals surface area contributed by atoms with Crippen LogP contribution in [-0.4, -0.2) is 51.7 Å². The fourth-order valence-electron chi connectivity index (χ4n) is 2.67. The summed E-state index contributed by atoms with van der Waals surface area (Å²) < 4.78 is 10.5. The zero-order valence-electron chi connectivity index (χ0n) is 17.4. The second kappa shape index (κ2) is 9.49. The molecule has 1 heterocycles. The van der Waals surface area contributed by atoms with Crippen LogP contribution in [0.1, 0.15) is 40.2 Å². The predicted molar refractivity (Wildman–Crippen MR) is 109 cm³/mol. The van der Waals surface area contributed by atoms with Gasteiger partial charge in [-0.1, -0.05) is 30.3 Å². The molecule has 0 aromatic heterocycles. The van der Waals surface area contributed by atoms with Gasteiger partial charge in [-0.05, 0) is 40.2 Å². The van der Waals surface area contributed by atoms with Gasteiger partial charge in [0, 0.05) is 5.75 Å². The number of amides is 2. The summed E-state index contributed by atoms with van der Waals surface area (Å²) in [6, 6.07) is 8.45. The molecular weight excluding hydrogens is 396 g/mol. The van der Waals surface area contributed by atoms with E-state index in [1.54, 1.807) is 20.8 Å². The zero-order valence-corrected chi connectivity index (χ0v) is 18.2. The third-order valence-electron chi connectivity index (χ3n) is 3.98. The van der Waals surface area contributed by atoms with E-state index in [1.165, 1.54) is 16.7 Å². The van der Waals surface area contributed by atoms with Gasteiger partial charge in [-0.3, -0.25) is 14.5 Å². The number of carbonyl (C=O) groups is 3. The number of hydrogen-bond donors (Lipinski definition) is 1. The van der Waals surface area contributed by atoms with Gasteiger partial charge in [-0.15, -0.1) is 11.8 Å². The van der Waals surface area contributed by atoms with E-state index in [0.717, 1.165) is 5.56 Å². The highest BCUT2D eigenvalue weighted by molar-refractivity contribution is 8.00. The van der Waals surface area contributed by atoms with Crippen LogP contribution >= 0.6 is 11.8 Å². The minimum Gasteiger partial charge on any atom is -0.459 e. The van der Waals surface area contributed by atoms with Crippen LogP contribution in [0.5, 0.6) is 0 Å². The second-order valence-electron chi connectivity index (χ2n) is 8.03. The Balaban J connectivity index is 1.83. The molecule has 2 rings (SSSR count). The quantitative estimate of drug-likeness (QED) is 0.554. The van der Waals surface area contributed by atoms with Gasteiger partial charge in [-0.2, -0.15) is 0 Å². The van der Waals surface area contributed by atoms with Crippen molar-refractivity contribution in [2.45, 2.75) is 57.7 Å². The number of thioether (sulfide) groups is 1. The van der Waals surface area contributed by atoms with Crippen molar-refractivity contribution in [3.63, 3.8) is 0 Å². The molecule has 9 heteroatoms. The molecule has 0 unspecified atom stereocenters. The Morgan fingerprint density at radius 2 is 1.86 bits per heavy atom. The minimum absolute atomic E-state index is 0.122. The van der Waals surface area contributed by atoms with Crippen molar-refractivity contribution in [3.05, 3.63) is 35.9 Å². The summed E-state index contributed by atoms with van der Waals surface area (Å²) in [6.45, 7) is 8.67. The van der Waals surface area contributed by atoms with E-state index in [-0.39, 0.29) is 6.61 Å². The summed E-state index contributed by atoms with van der Waals surface area (Å²) in [5.74, 6) is -0.746. The maximum atomic E-state index is 12.6. The molecule has 1 N–H and O–H groups in total. The van der Waals surface area contributed by atoms with E-state index in [4.69, 9.17) is 14.3 Å². The first-order valence-electron chi connectivity index (χ1n) is 9.27. The summed E-state index contributed by atoms with van der Waals surface area (Å²) in [5, 5.41) is 0. The van der Waals surface area contributed by atoms with Crippen LogP contribution < -0.4 is 5.48 Å². The average Bonchev–Trinajstić information content (AvgIpc) is 2.94. The molecule has 0 saturated carbocycles. The Morgan fingerprint density at radius 1 is 1.21 bits per heavy atom. The van der Waals surface area contributed by atoms with Crippen molar-refractivity contribution in [3.8, 4) is 0 Å². The summed E-state index contributed by atoms with van der Waals surface area (Å²) in [7, 11) is 0. The van der Waals surface area contributed by atoms with Crippen LogP contribution in [0.25, 0.3) is 0 Å². The Kier molecular flexibility index (Phi) is 7.54. The summed E-state index contributed by atoms with van der Waals surface area (Å²) in [6.07, 6.45) is -0.574. The molecule has 1 aliphatic rings. The number of ether oxygens (including phenoxy) is 2. The van der Waals surface area contributed by atoms with E-state index in [9.17, 15) is 14.4 Å². The number of hydroxylamine groups is 1.